The van der Waals surface area contributed by atoms with Crippen molar-refractivity contribution in [3.8, 4) is 0 Å². The van der Waals surface area contributed by atoms with E-state index < -0.39 is 35.3 Å². The van der Waals surface area contributed by atoms with Gasteiger partial charge in [-0.2, -0.15) is 0 Å². The van der Waals surface area contributed by atoms with Gasteiger partial charge in [0.05, 0.1) is 0 Å². The van der Waals surface area contributed by atoms with Crippen LogP contribution in [0.15, 0.2) is 0 Å². The maximum absolute atomic E-state index is 13.1. The maximum Gasteiger partial charge on any atom is 0.478 e. The standard InChI is InChI=1S/C11H15Br4Cl6O4P/c1-8(2,5-16)11(14,15)25-26(22,23-6-10(19,20)21)24-7(17)3-4-9(12,13)18/h7H,3-6H2,1-2H3. The van der Waals surface area contributed by atoms with E-state index in [0.717, 1.165) is 0 Å². The third kappa shape index (κ3) is 12.6. The van der Waals surface area contributed by atoms with Gasteiger partial charge in [-0.1, -0.05) is 104 Å². The molecule has 0 aliphatic heterocycles. The summed E-state index contributed by atoms with van der Waals surface area (Å²) in [5.74, 6) is 0.139. The van der Waals surface area contributed by atoms with Crippen LogP contribution in [-0.2, 0) is 18.1 Å². The maximum atomic E-state index is 13.1. The predicted octanol–water partition coefficient (Wildman–Crippen LogP) is 9.25. The van der Waals surface area contributed by atoms with Crippen LogP contribution in [0.25, 0.3) is 0 Å². The smallest absolute Gasteiger partial charge is 0.282 e. The first kappa shape index (κ1) is 29.8. The van der Waals surface area contributed by atoms with Gasteiger partial charge in [0.25, 0.3) is 0 Å². The molecule has 0 fully saturated rings. The fraction of sp³-hybridized carbons (Fsp3) is 1.00. The van der Waals surface area contributed by atoms with Gasteiger partial charge in [0.15, 0.2) is 6.11 Å². The van der Waals surface area contributed by atoms with Crippen LogP contribution in [0, 0.1) is 5.41 Å². The average molecular weight is 775 g/mol. The highest BCUT2D eigenvalue weighted by Gasteiger charge is 2.49. The van der Waals surface area contributed by atoms with E-state index in [-0.39, 0.29) is 12.3 Å². The van der Waals surface area contributed by atoms with Gasteiger partial charge >= 0.3 is 7.82 Å². The Labute approximate surface area is 217 Å². The second-order valence-corrected chi connectivity index (χ2v) is 19.1. The molecule has 0 aliphatic carbocycles. The number of alkyl halides is 10. The average Bonchev–Trinajstić information content (AvgIpc) is 2.41. The largest absolute Gasteiger partial charge is 0.478 e. The van der Waals surface area contributed by atoms with Crippen LogP contribution in [0.2, 0.25) is 0 Å². The van der Waals surface area contributed by atoms with E-state index in [1.54, 1.807) is 13.8 Å². The summed E-state index contributed by atoms with van der Waals surface area (Å²) in [5, 5.41) is 0. The monoisotopic (exact) mass is 768 g/mol. The highest BCUT2D eigenvalue weighted by molar-refractivity contribution is 9.26. The Hall–Kier alpha value is 3.77. The van der Waals surface area contributed by atoms with E-state index in [4.69, 9.17) is 83.2 Å². The zero-order valence-corrected chi connectivity index (χ0v) is 25.0. The summed E-state index contributed by atoms with van der Waals surface area (Å²) in [6, 6.07) is 0. The topological polar surface area (TPSA) is 44.8 Å². The summed E-state index contributed by atoms with van der Waals surface area (Å²) in [6.45, 7) is 2.93. The first-order valence-electron chi connectivity index (χ1n) is 6.68. The minimum Gasteiger partial charge on any atom is -0.282 e. The normalized spacial score (nSPS) is 17.8. The first-order valence-corrected chi connectivity index (χ1v) is 13.8. The molecule has 2 unspecified atom stereocenters. The highest BCUT2D eigenvalue weighted by atomic mass is 79.9. The van der Waals surface area contributed by atoms with E-state index in [0.29, 0.717) is 6.42 Å². The molecule has 4 nitrogen and oxygen atoms in total. The van der Waals surface area contributed by atoms with E-state index in [9.17, 15) is 4.57 Å². The lowest BCUT2D eigenvalue weighted by molar-refractivity contribution is 0.0553. The van der Waals surface area contributed by atoms with E-state index in [1.165, 1.54) is 0 Å². The third-order valence-corrected chi connectivity index (χ3v) is 9.47. The molecule has 0 aromatic rings. The molecular weight excluding hydrogens is 759 g/mol. The van der Waals surface area contributed by atoms with Crippen LogP contribution < -0.4 is 0 Å². The fourth-order valence-electron chi connectivity index (χ4n) is 1.04. The molecule has 2 atom stereocenters. The van der Waals surface area contributed by atoms with Crippen molar-refractivity contribution in [1.29, 1.82) is 0 Å². The Morgan fingerprint density at radius 3 is 1.96 bits per heavy atom. The molecule has 0 saturated carbocycles. The van der Waals surface area contributed by atoms with Crippen molar-refractivity contribution in [1.82, 2.24) is 0 Å². The SMILES string of the molecule is CC(C)(CCl)C(Br)(Br)OP(=O)(OCC(Cl)(Cl)Cl)OC(Cl)CCC(Cl)(Br)Br. The molecule has 0 radical (unpaired) electrons. The second-order valence-electron chi connectivity index (χ2n) is 5.63. The Kier molecular flexibility index (Phi) is 13.3. The van der Waals surface area contributed by atoms with Crippen LogP contribution in [0.5, 0.6) is 0 Å². The number of hydrogen-bond donors (Lipinski definition) is 0. The highest BCUT2D eigenvalue weighted by Crippen LogP contribution is 2.62. The summed E-state index contributed by atoms with van der Waals surface area (Å²) < 4.78 is 25.0. The number of phosphoric ester groups is 1. The predicted molar refractivity (Wildman–Crippen MR) is 126 cm³/mol. The Morgan fingerprint density at radius 1 is 1.08 bits per heavy atom. The summed E-state index contributed by atoms with van der Waals surface area (Å²) in [4.78, 5) is 0. The van der Waals surface area contributed by atoms with Gasteiger partial charge < -0.3 is 0 Å². The molecule has 0 N–H and O–H groups in total. The molecule has 0 aliphatic rings. The zero-order chi connectivity index (χ0) is 21.0. The van der Waals surface area contributed by atoms with Crippen LogP contribution >= 0.6 is 141 Å². The molecule has 158 valence electrons. The van der Waals surface area contributed by atoms with E-state index in [2.05, 4.69) is 63.7 Å². The summed E-state index contributed by atoms with van der Waals surface area (Å²) in [7, 11) is -4.30. The number of phosphoric acid groups is 1. The van der Waals surface area contributed by atoms with Crippen molar-refractivity contribution in [3.63, 3.8) is 0 Å². The van der Waals surface area contributed by atoms with Crippen LogP contribution in [0.4, 0.5) is 0 Å². The molecule has 0 saturated heterocycles. The van der Waals surface area contributed by atoms with E-state index >= 15 is 0 Å². The van der Waals surface area contributed by atoms with Crippen LogP contribution in [0.3, 0.4) is 0 Å². The molecule has 0 aromatic heterocycles. The summed E-state index contributed by atoms with van der Waals surface area (Å²) >= 11 is 47.9. The van der Waals surface area contributed by atoms with Crippen molar-refractivity contribution >= 4 is 141 Å². The van der Waals surface area contributed by atoms with Crippen molar-refractivity contribution < 1.29 is 18.1 Å². The molecule has 0 heterocycles. The molecule has 0 amide bonds. The quantitative estimate of drug-likeness (QED) is 0.155. The van der Waals surface area contributed by atoms with Crippen molar-refractivity contribution in [2.45, 2.75) is 42.2 Å². The van der Waals surface area contributed by atoms with Gasteiger partial charge in [0.2, 0.25) is 3.79 Å². The summed E-state index contributed by atoms with van der Waals surface area (Å²) in [5.41, 5.74) is -1.81. The zero-order valence-electron chi connectivity index (χ0n) is 13.3. The van der Waals surface area contributed by atoms with Gasteiger partial charge in [-0.25, -0.2) is 4.57 Å². The minimum absolute atomic E-state index is 0.139. The minimum atomic E-state index is -4.30. The number of hydrogen-bond acceptors (Lipinski definition) is 4. The lowest BCUT2D eigenvalue weighted by Gasteiger charge is -2.38. The Bertz CT molecular complexity index is 500. The fourth-order valence-corrected chi connectivity index (χ4v) is 5.68. The first-order chi connectivity index (χ1) is 11.3. The van der Waals surface area contributed by atoms with Crippen LogP contribution in [0.1, 0.15) is 26.7 Å². The molecule has 15 heteroatoms. The molecule has 0 aromatic carbocycles. The molecule has 26 heavy (non-hydrogen) atoms. The number of rotatable bonds is 11. The van der Waals surface area contributed by atoms with Gasteiger partial charge in [-0.3, -0.25) is 13.6 Å². The van der Waals surface area contributed by atoms with E-state index in [1.807, 2.05) is 0 Å². The number of halogens is 10. The van der Waals surface area contributed by atoms with Gasteiger partial charge in [0.1, 0.15) is 12.2 Å². The summed E-state index contributed by atoms with van der Waals surface area (Å²) in [6.07, 6.45) is 0.524. The van der Waals surface area contributed by atoms with Gasteiger partial charge in [-0.15, -0.1) is 11.6 Å². The molecule has 0 spiro atoms. The molecule has 0 rings (SSSR count). The van der Waals surface area contributed by atoms with Crippen molar-refractivity contribution in [3.05, 3.63) is 0 Å². The molecular formula is C11H15Br4Cl6O4P. The third-order valence-electron chi connectivity index (χ3n) is 2.63. The van der Waals surface area contributed by atoms with Crippen molar-refractivity contribution in [2.24, 2.45) is 5.41 Å². The Balaban J connectivity index is 5.33. The lowest BCUT2D eigenvalue weighted by atomic mass is 9.98. The molecule has 0 bridgehead atoms. The van der Waals surface area contributed by atoms with Gasteiger partial charge in [0, 0.05) is 11.3 Å². The Morgan fingerprint density at radius 2 is 1.58 bits per heavy atom. The lowest BCUT2D eigenvalue weighted by Crippen LogP contribution is -2.37. The van der Waals surface area contributed by atoms with Gasteiger partial charge in [-0.05, 0) is 44.7 Å². The van der Waals surface area contributed by atoms with Crippen molar-refractivity contribution in [2.75, 3.05) is 12.5 Å². The second kappa shape index (κ2) is 11.6. The van der Waals surface area contributed by atoms with Crippen LogP contribution in [-0.4, -0.2) is 28.0 Å².